The lowest BCUT2D eigenvalue weighted by molar-refractivity contribution is -0.00392. The summed E-state index contributed by atoms with van der Waals surface area (Å²) in [6, 6.07) is 1.58. The van der Waals surface area contributed by atoms with Crippen molar-refractivity contribution in [3.8, 4) is 0 Å². The molecule has 1 heterocycles. The third kappa shape index (κ3) is 2.21. The van der Waals surface area contributed by atoms with Crippen LogP contribution in [0.25, 0.3) is 0 Å². The van der Waals surface area contributed by atoms with Crippen LogP contribution in [0.1, 0.15) is 37.7 Å². The summed E-state index contributed by atoms with van der Waals surface area (Å²) in [6.45, 7) is 0. The van der Waals surface area contributed by atoms with E-state index in [0.29, 0.717) is 23.0 Å². The summed E-state index contributed by atoms with van der Waals surface area (Å²) in [4.78, 5) is 3.80. The first-order chi connectivity index (χ1) is 7.12. The van der Waals surface area contributed by atoms with Crippen molar-refractivity contribution >= 4 is 15.9 Å². The lowest BCUT2D eigenvalue weighted by atomic mass is 9.80. The van der Waals surface area contributed by atoms with E-state index in [2.05, 4.69) is 20.9 Å². The van der Waals surface area contributed by atoms with Crippen LogP contribution in [-0.4, -0.2) is 10.1 Å². The molecule has 0 bridgehead atoms. The van der Waals surface area contributed by atoms with Gasteiger partial charge >= 0.3 is 0 Å². The highest BCUT2D eigenvalue weighted by Crippen LogP contribution is 2.38. The van der Waals surface area contributed by atoms with Crippen molar-refractivity contribution in [2.45, 2.75) is 37.7 Å². The van der Waals surface area contributed by atoms with Crippen LogP contribution >= 0.6 is 15.9 Å². The van der Waals surface area contributed by atoms with Crippen molar-refractivity contribution in [2.75, 3.05) is 0 Å². The summed E-state index contributed by atoms with van der Waals surface area (Å²) in [5.41, 5.74) is -0.613. The maximum atomic E-state index is 13.6. The van der Waals surface area contributed by atoms with E-state index >= 15 is 0 Å². The minimum Gasteiger partial charge on any atom is -0.385 e. The van der Waals surface area contributed by atoms with Crippen LogP contribution in [0.5, 0.6) is 0 Å². The molecule has 0 spiro atoms. The van der Waals surface area contributed by atoms with Crippen molar-refractivity contribution in [2.24, 2.45) is 0 Å². The Labute approximate surface area is 96.7 Å². The second-order valence-electron chi connectivity index (χ2n) is 4.08. The number of aromatic nitrogens is 1. The van der Waals surface area contributed by atoms with Crippen LogP contribution in [0.2, 0.25) is 0 Å². The average Bonchev–Trinajstić information content (AvgIpc) is 2.23. The Morgan fingerprint density at radius 1 is 1.33 bits per heavy atom. The lowest BCUT2D eigenvalue weighted by Gasteiger charge is -2.32. The average molecular weight is 274 g/mol. The molecular weight excluding hydrogens is 261 g/mol. The molecule has 0 amide bonds. The predicted molar refractivity (Wildman–Crippen MR) is 58.9 cm³/mol. The Morgan fingerprint density at radius 2 is 2.00 bits per heavy atom. The van der Waals surface area contributed by atoms with E-state index in [1.165, 1.54) is 0 Å². The molecule has 82 valence electrons. The zero-order valence-electron chi connectivity index (χ0n) is 8.34. The fourth-order valence-electron chi connectivity index (χ4n) is 2.18. The van der Waals surface area contributed by atoms with Crippen molar-refractivity contribution in [3.05, 3.63) is 28.2 Å². The van der Waals surface area contributed by atoms with E-state index in [4.69, 9.17) is 0 Å². The zero-order valence-corrected chi connectivity index (χ0v) is 9.93. The molecule has 1 aliphatic rings. The zero-order chi connectivity index (χ0) is 10.9. The minimum absolute atomic E-state index is 0.379. The Kier molecular flexibility index (Phi) is 3.07. The van der Waals surface area contributed by atoms with Gasteiger partial charge in [0.1, 0.15) is 10.4 Å². The molecule has 0 unspecified atom stereocenters. The van der Waals surface area contributed by atoms with Crippen LogP contribution in [0.15, 0.2) is 16.9 Å². The number of rotatable bonds is 1. The maximum absolute atomic E-state index is 13.6. The molecule has 1 N–H and O–H groups in total. The van der Waals surface area contributed by atoms with Crippen LogP contribution in [-0.2, 0) is 5.60 Å². The fraction of sp³-hybridized carbons (Fsp3) is 0.545. The fourth-order valence-corrected chi connectivity index (χ4v) is 2.51. The molecule has 1 aliphatic carbocycles. The Bertz CT molecular complexity index is 364. The van der Waals surface area contributed by atoms with E-state index in [-0.39, 0.29) is 0 Å². The van der Waals surface area contributed by atoms with Gasteiger partial charge < -0.3 is 5.11 Å². The first-order valence-electron chi connectivity index (χ1n) is 5.16. The monoisotopic (exact) mass is 273 g/mol. The van der Waals surface area contributed by atoms with Gasteiger partial charge in [-0.05, 0) is 34.8 Å². The highest BCUT2D eigenvalue weighted by Gasteiger charge is 2.33. The van der Waals surface area contributed by atoms with Crippen LogP contribution in [0.3, 0.4) is 0 Å². The summed E-state index contributed by atoms with van der Waals surface area (Å²) < 4.78 is 14.1. The van der Waals surface area contributed by atoms with E-state index in [1.54, 1.807) is 6.07 Å². The number of hydrogen-bond acceptors (Lipinski definition) is 2. The van der Waals surface area contributed by atoms with Crippen molar-refractivity contribution in [1.29, 1.82) is 0 Å². The number of nitrogens with zero attached hydrogens (tertiary/aromatic N) is 1. The summed E-state index contributed by atoms with van der Waals surface area (Å²) in [7, 11) is 0. The Balaban J connectivity index is 2.38. The molecule has 1 saturated carbocycles. The molecule has 1 aromatic rings. The van der Waals surface area contributed by atoms with Gasteiger partial charge in [0.15, 0.2) is 0 Å². The van der Waals surface area contributed by atoms with Gasteiger partial charge in [0.25, 0.3) is 0 Å². The molecule has 0 saturated heterocycles. The first kappa shape index (κ1) is 11.0. The minimum atomic E-state index is -0.992. The normalized spacial score (nSPS) is 20.2. The first-order valence-corrected chi connectivity index (χ1v) is 5.95. The topological polar surface area (TPSA) is 33.1 Å². The highest BCUT2D eigenvalue weighted by molar-refractivity contribution is 9.10. The smallest absolute Gasteiger partial charge is 0.147 e. The largest absolute Gasteiger partial charge is 0.385 e. The van der Waals surface area contributed by atoms with Crippen LogP contribution in [0.4, 0.5) is 4.39 Å². The highest BCUT2D eigenvalue weighted by atomic mass is 79.9. The second kappa shape index (κ2) is 4.18. The van der Waals surface area contributed by atoms with E-state index in [1.807, 2.05) is 0 Å². The van der Waals surface area contributed by atoms with Crippen molar-refractivity contribution in [1.82, 2.24) is 4.98 Å². The SMILES string of the molecule is OC1(c2cc(Br)ncc2F)CCCCC1. The molecule has 0 aliphatic heterocycles. The molecule has 0 radical (unpaired) electrons. The van der Waals surface area contributed by atoms with Crippen LogP contribution < -0.4 is 0 Å². The molecule has 2 nitrogen and oxygen atoms in total. The van der Waals surface area contributed by atoms with Gasteiger partial charge in [0.05, 0.1) is 11.8 Å². The van der Waals surface area contributed by atoms with Gasteiger partial charge in [-0.15, -0.1) is 0 Å². The molecular formula is C11H13BrFNO. The molecule has 0 aromatic carbocycles. The van der Waals surface area contributed by atoms with E-state index in [9.17, 15) is 9.50 Å². The molecule has 0 atom stereocenters. The number of halogens is 2. The molecule has 2 rings (SSSR count). The number of hydrogen-bond donors (Lipinski definition) is 1. The maximum Gasteiger partial charge on any atom is 0.147 e. The van der Waals surface area contributed by atoms with Gasteiger partial charge in [0.2, 0.25) is 0 Å². The van der Waals surface area contributed by atoms with Crippen LogP contribution in [0, 0.1) is 5.82 Å². The molecule has 1 aromatic heterocycles. The second-order valence-corrected chi connectivity index (χ2v) is 4.89. The van der Waals surface area contributed by atoms with Crippen molar-refractivity contribution in [3.63, 3.8) is 0 Å². The summed E-state index contributed by atoms with van der Waals surface area (Å²) in [5, 5.41) is 10.4. The molecule has 15 heavy (non-hydrogen) atoms. The standard InChI is InChI=1S/C11H13BrFNO/c12-10-6-8(9(13)7-14-10)11(15)4-2-1-3-5-11/h6-7,15H,1-5H2. The Morgan fingerprint density at radius 3 is 2.67 bits per heavy atom. The number of aliphatic hydroxyl groups is 1. The quantitative estimate of drug-likeness (QED) is 0.798. The summed E-state index contributed by atoms with van der Waals surface area (Å²) in [6.07, 6.45) is 5.47. The van der Waals surface area contributed by atoms with Gasteiger partial charge in [-0.25, -0.2) is 9.37 Å². The third-order valence-electron chi connectivity index (χ3n) is 3.00. The van der Waals surface area contributed by atoms with Gasteiger partial charge in [-0.3, -0.25) is 0 Å². The molecule has 1 fully saturated rings. The summed E-state index contributed by atoms with van der Waals surface area (Å²) in [5.74, 6) is -0.414. The molecule has 4 heteroatoms. The summed E-state index contributed by atoms with van der Waals surface area (Å²) >= 11 is 3.20. The van der Waals surface area contributed by atoms with Gasteiger partial charge in [-0.1, -0.05) is 19.3 Å². The Hall–Kier alpha value is -0.480. The third-order valence-corrected chi connectivity index (χ3v) is 3.44. The van der Waals surface area contributed by atoms with E-state index < -0.39 is 11.4 Å². The number of pyridine rings is 1. The van der Waals surface area contributed by atoms with E-state index in [0.717, 1.165) is 25.5 Å². The van der Waals surface area contributed by atoms with Crippen molar-refractivity contribution < 1.29 is 9.50 Å². The van der Waals surface area contributed by atoms with Gasteiger partial charge in [0, 0.05) is 5.56 Å². The predicted octanol–water partition coefficient (Wildman–Crippen LogP) is 3.13. The lowest BCUT2D eigenvalue weighted by Crippen LogP contribution is -2.29. The van der Waals surface area contributed by atoms with Gasteiger partial charge in [-0.2, -0.15) is 0 Å².